The fourth-order valence-electron chi connectivity index (χ4n) is 4.89. The lowest BCUT2D eigenvalue weighted by Crippen LogP contribution is -2.49. The van der Waals surface area contributed by atoms with Gasteiger partial charge in [-0.2, -0.15) is 5.26 Å². The summed E-state index contributed by atoms with van der Waals surface area (Å²) in [5, 5.41) is 9.33. The zero-order valence-electron chi connectivity index (χ0n) is 18.5. The van der Waals surface area contributed by atoms with Crippen LogP contribution in [0.25, 0.3) is 0 Å². The van der Waals surface area contributed by atoms with Crippen LogP contribution in [-0.4, -0.2) is 43.0 Å². The highest BCUT2D eigenvalue weighted by Gasteiger charge is 2.30. The molecule has 1 unspecified atom stereocenters. The molecule has 0 spiro atoms. The molecule has 0 aliphatic carbocycles. The number of hydrogen-bond donors (Lipinski definition) is 0. The van der Waals surface area contributed by atoms with Gasteiger partial charge in [0, 0.05) is 37.9 Å². The molecule has 0 bridgehead atoms. The molecule has 3 heterocycles. The fraction of sp³-hybridized carbons (Fsp3) is 0.308. The van der Waals surface area contributed by atoms with E-state index >= 15 is 0 Å². The summed E-state index contributed by atoms with van der Waals surface area (Å²) in [4.78, 5) is 19.4. The van der Waals surface area contributed by atoms with Gasteiger partial charge in [0.2, 0.25) is 0 Å². The van der Waals surface area contributed by atoms with E-state index in [0.29, 0.717) is 55.8 Å². The number of furan rings is 1. The van der Waals surface area contributed by atoms with Gasteiger partial charge < -0.3 is 19.1 Å². The number of para-hydroxylation sites is 1. The van der Waals surface area contributed by atoms with Crippen LogP contribution in [0.2, 0.25) is 0 Å². The molecule has 5 rings (SSSR count). The fourth-order valence-corrected chi connectivity index (χ4v) is 4.89. The van der Waals surface area contributed by atoms with E-state index in [-0.39, 0.29) is 11.5 Å². The third kappa shape index (κ3) is 3.82. The lowest BCUT2D eigenvalue weighted by atomic mass is 10.1. The molecule has 33 heavy (non-hydrogen) atoms. The lowest BCUT2D eigenvalue weighted by molar-refractivity contribution is 0.0744. The van der Waals surface area contributed by atoms with Gasteiger partial charge in [-0.1, -0.05) is 24.3 Å². The van der Waals surface area contributed by atoms with Crippen molar-refractivity contribution in [2.75, 3.05) is 36.0 Å². The largest absolute Gasteiger partial charge is 0.467 e. The maximum absolute atomic E-state index is 14.0. The van der Waals surface area contributed by atoms with Crippen molar-refractivity contribution in [3.8, 4) is 6.07 Å². The Morgan fingerprint density at radius 2 is 1.85 bits per heavy atom. The summed E-state index contributed by atoms with van der Waals surface area (Å²) in [5.74, 6) is 0.0930. The molecule has 0 N–H and O–H groups in total. The number of halogens is 1. The third-order valence-corrected chi connectivity index (χ3v) is 6.65. The van der Waals surface area contributed by atoms with Gasteiger partial charge in [0.25, 0.3) is 5.91 Å². The first kappa shape index (κ1) is 21.1. The van der Waals surface area contributed by atoms with Crippen LogP contribution in [0.3, 0.4) is 0 Å². The number of rotatable bonds is 4. The summed E-state index contributed by atoms with van der Waals surface area (Å²) in [6.45, 7) is 4.79. The van der Waals surface area contributed by atoms with Gasteiger partial charge in [-0.05, 0) is 43.2 Å². The maximum atomic E-state index is 14.0. The van der Waals surface area contributed by atoms with Crippen molar-refractivity contribution >= 4 is 17.3 Å². The second-order valence-corrected chi connectivity index (χ2v) is 8.59. The first-order chi connectivity index (χ1) is 16.1. The molecule has 2 aliphatic heterocycles. The minimum Gasteiger partial charge on any atom is -0.467 e. The Hall–Kier alpha value is -3.79. The summed E-state index contributed by atoms with van der Waals surface area (Å²) in [5.41, 5.74) is 3.72. The number of nitrogens with zero attached hydrogens (tertiary/aromatic N) is 4. The minimum atomic E-state index is -0.519. The van der Waals surface area contributed by atoms with Crippen LogP contribution in [-0.2, 0) is 13.0 Å². The Kier molecular flexibility index (Phi) is 5.51. The van der Waals surface area contributed by atoms with E-state index in [9.17, 15) is 14.4 Å². The van der Waals surface area contributed by atoms with Crippen molar-refractivity contribution in [3.63, 3.8) is 0 Å². The Balaban J connectivity index is 1.29. The van der Waals surface area contributed by atoms with Gasteiger partial charge in [0.1, 0.15) is 23.2 Å². The van der Waals surface area contributed by atoms with Crippen LogP contribution in [0.15, 0.2) is 59.2 Å². The molecule has 2 aliphatic rings. The van der Waals surface area contributed by atoms with Gasteiger partial charge >= 0.3 is 0 Å². The summed E-state index contributed by atoms with van der Waals surface area (Å²) >= 11 is 0. The molecule has 1 fully saturated rings. The SMILES string of the molecule is CC1Cc2ccccc2N1Cc1occc1C(=O)N1CCN(c2cccc(F)c2C#N)CC1. The lowest BCUT2D eigenvalue weighted by Gasteiger charge is -2.36. The number of piperazine rings is 1. The first-order valence-corrected chi connectivity index (χ1v) is 11.2. The molecular formula is C26H25FN4O2. The molecule has 168 valence electrons. The average molecular weight is 445 g/mol. The summed E-state index contributed by atoms with van der Waals surface area (Å²) in [7, 11) is 0. The highest BCUT2D eigenvalue weighted by molar-refractivity contribution is 5.95. The van der Waals surface area contributed by atoms with E-state index in [1.54, 1.807) is 29.4 Å². The molecule has 0 radical (unpaired) electrons. The highest BCUT2D eigenvalue weighted by Crippen LogP contribution is 2.34. The molecule has 1 saturated heterocycles. The average Bonchev–Trinajstić information content (AvgIpc) is 3.43. The molecule has 1 atom stereocenters. The van der Waals surface area contributed by atoms with Crippen molar-refractivity contribution in [1.29, 1.82) is 5.26 Å². The zero-order valence-corrected chi connectivity index (χ0v) is 18.5. The molecule has 6 nitrogen and oxygen atoms in total. The first-order valence-electron chi connectivity index (χ1n) is 11.2. The normalized spacial score (nSPS) is 17.7. The van der Waals surface area contributed by atoms with Gasteiger partial charge in [-0.15, -0.1) is 0 Å². The Morgan fingerprint density at radius 3 is 2.64 bits per heavy atom. The quantitative estimate of drug-likeness (QED) is 0.603. The van der Waals surface area contributed by atoms with Crippen molar-refractivity contribution < 1.29 is 13.6 Å². The summed E-state index contributed by atoms with van der Waals surface area (Å²) < 4.78 is 19.8. The van der Waals surface area contributed by atoms with E-state index in [2.05, 4.69) is 30.0 Å². The Morgan fingerprint density at radius 1 is 1.09 bits per heavy atom. The smallest absolute Gasteiger partial charge is 0.257 e. The van der Waals surface area contributed by atoms with E-state index in [1.807, 2.05) is 17.0 Å². The molecule has 1 amide bonds. The van der Waals surface area contributed by atoms with Gasteiger partial charge in [-0.25, -0.2) is 4.39 Å². The van der Waals surface area contributed by atoms with Crippen LogP contribution >= 0.6 is 0 Å². The molecular weight excluding hydrogens is 419 g/mol. The molecule has 0 saturated carbocycles. The molecule has 7 heteroatoms. The van der Waals surface area contributed by atoms with Crippen molar-refractivity contribution in [1.82, 2.24) is 4.90 Å². The number of benzene rings is 2. The van der Waals surface area contributed by atoms with Crippen LogP contribution in [0.4, 0.5) is 15.8 Å². The van der Waals surface area contributed by atoms with Gasteiger partial charge in [0.15, 0.2) is 0 Å². The summed E-state index contributed by atoms with van der Waals surface area (Å²) in [6, 6.07) is 17.0. The molecule has 2 aromatic carbocycles. The third-order valence-electron chi connectivity index (χ3n) is 6.65. The number of amides is 1. The molecule has 1 aromatic heterocycles. The van der Waals surface area contributed by atoms with Crippen molar-refractivity contribution in [2.45, 2.75) is 25.9 Å². The Bertz CT molecular complexity index is 1220. The van der Waals surface area contributed by atoms with Crippen LogP contribution in [0, 0.1) is 17.1 Å². The predicted molar refractivity (Wildman–Crippen MR) is 124 cm³/mol. The van der Waals surface area contributed by atoms with E-state index < -0.39 is 5.82 Å². The van der Waals surface area contributed by atoms with Crippen LogP contribution < -0.4 is 9.80 Å². The monoisotopic (exact) mass is 444 g/mol. The number of carbonyl (C=O) groups excluding carboxylic acids is 1. The van der Waals surface area contributed by atoms with E-state index in [4.69, 9.17) is 4.42 Å². The number of fused-ring (bicyclic) bond motifs is 1. The second kappa shape index (κ2) is 8.62. The topological polar surface area (TPSA) is 63.7 Å². The maximum Gasteiger partial charge on any atom is 0.257 e. The summed E-state index contributed by atoms with van der Waals surface area (Å²) in [6.07, 6.45) is 2.56. The molecule has 3 aromatic rings. The Labute approximate surface area is 192 Å². The van der Waals surface area contributed by atoms with Gasteiger partial charge in [0.05, 0.1) is 24.1 Å². The van der Waals surface area contributed by atoms with Gasteiger partial charge in [-0.3, -0.25) is 4.79 Å². The number of nitriles is 1. The number of carbonyl (C=O) groups is 1. The number of anilines is 2. The van der Waals surface area contributed by atoms with Crippen LogP contribution in [0.5, 0.6) is 0 Å². The van der Waals surface area contributed by atoms with Crippen LogP contribution in [0.1, 0.15) is 34.2 Å². The second-order valence-electron chi connectivity index (χ2n) is 8.59. The van der Waals surface area contributed by atoms with E-state index in [0.717, 1.165) is 6.42 Å². The van der Waals surface area contributed by atoms with Crippen molar-refractivity contribution in [3.05, 3.63) is 83.1 Å². The van der Waals surface area contributed by atoms with Crippen molar-refractivity contribution in [2.24, 2.45) is 0 Å². The number of hydrogen-bond acceptors (Lipinski definition) is 5. The highest BCUT2D eigenvalue weighted by atomic mass is 19.1. The van der Waals surface area contributed by atoms with E-state index in [1.165, 1.54) is 17.3 Å². The zero-order chi connectivity index (χ0) is 22.9. The predicted octanol–water partition coefficient (Wildman–Crippen LogP) is 4.20. The standard InChI is InChI=1S/C26H25FN4O2/c1-18-15-19-5-2-3-7-23(19)31(18)17-25-20(9-14-33-25)26(32)30-12-10-29(11-13-30)24-8-4-6-22(27)21(24)16-28/h2-9,14,18H,10-13,15,17H2,1H3. The minimum absolute atomic E-state index is 0.0504.